The van der Waals surface area contributed by atoms with Gasteiger partial charge in [0.1, 0.15) is 5.75 Å². The summed E-state index contributed by atoms with van der Waals surface area (Å²) in [6, 6.07) is 9.08. The monoisotopic (exact) mass is 278 g/mol. The molecule has 20 heavy (non-hydrogen) atoms. The van der Waals surface area contributed by atoms with Gasteiger partial charge >= 0.3 is 0 Å². The second-order valence-corrected chi connectivity index (χ2v) is 5.27. The molecule has 1 fully saturated rings. The number of rotatable bonds is 7. The highest BCUT2D eigenvalue weighted by Gasteiger charge is 2.24. The molecule has 1 saturated heterocycles. The lowest BCUT2D eigenvalue weighted by molar-refractivity contribution is 0.153. The van der Waals surface area contributed by atoms with Crippen LogP contribution in [-0.4, -0.2) is 51.4 Å². The highest BCUT2D eigenvalue weighted by Crippen LogP contribution is 2.26. The largest absolute Gasteiger partial charge is 0.494 e. The Bertz CT molecular complexity index is 405. The molecule has 2 rings (SSSR count). The van der Waals surface area contributed by atoms with E-state index in [-0.39, 0.29) is 6.04 Å². The van der Waals surface area contributed by atoms with Crippen LogP contribution in [0.1, 0.15) is 24.9 Å². The van der Waals surface area contributed by atoms with Crippen molar-refractivity contribution in [2.24, 2.45) is 0 Å². The second kappa shape index (κ2) is 7.62. The van der Waals surface area contributed by atoms with Crippen molar-refractivity contribution in [2.75, 3.05) is 40.5 Å². The molecule has 0 amide bonds. The van der Waals surface area contributed by atoms with E-state index < -0.39 is 0 Å². The van der Waals surface area contributed by atoms with Crippen molar-refractivity contribution in [2.45, 2.75) is 25.4 Å². The van der Waals surface area contributed by atoms with Crippen LogP contribution in [0.3, 0.4) is 0 Å². The summed E-state index contributed by atoms with van der Waals surface area (Å²) in [5.74, 6) is 0.977. The Labute approximate surface area is 122 Å². The predicted molar refractivity (Wildman–Crippen MR) is 81.3 cm³/mol. The van der Waals surface area contributed by atoms with Gasteiger partial charge in [-0.3, -0.25) is 4.90 Å². The summed E-state index contributed by atoms with van der Waals surface area (Å²) in [7, 11) is 4.18. The maximum atomic E-state index is 5.74. The van der Waals surface area contributed by atoms with E-state index in [1.165, 1.54) is 5.56 Å². The van der Waals surface area contributed by atoms with Crippen LogP contribution in [0.25, 0.3) is 0 Å². The Morgan fingerprint density at radius 3 is 2.90 bits per heavy atom. The van der Waals surface area contributed by atoms with Crippen LogP contribution < -0.4 is 10.1 Å². The molecular weight excluding hydrogens is 252 g/mol. The van der Waals surface area contributed by atoms with Crippen molar-refractivity contribution < 1.29 is 9.47 Å². The van der Waals surface area contributed by atoms with E-state index >= 15 is 0 Å². The lowest BCUT2D eigenvalue weighted by Crippen LogP contribution is -2.38. The Hall–Kier alpha value is -1.10. The maximum Gasteiger partial charge on any atom is 0.124 e. The van der Waals surface area contributed by atoms with Gasteiger partial charge in [0, 0.05) is 30.8 Å². The van der Waals surface area contributed by atoms with Crippen LogP contribution in [0.15, 0.2) is 24.3 Å². The van der Waals surface area contributed by atoms with Gasteiger partial charge in [-0.15, -0.1) is 0 Å². The molecule has 1 aliphatic heterocycles. The minimum Gasteiger partial charge on any atom is -0.494 e. The molecule has 0 spiro atoms. The van der Waals surface area contributed by atoms with Crippen molar-refractivity contribution in [1.82, 2.24) is 10.2 Å². The van der Waals surface area contributed by atoms with Crippen molar-refractivity contribution in [3.05, 3.63) is 29.8 Å². The standard InChI is InChI=1S/C16H26N2O2/c1-4-20-16-8-6-5-7-14(16)15(17-2)11-18(3)13-9-10-19-12-13/h5-8,13,15,17H,4,9-12H2,1-3H3. The molecule has 0 aliphatic carbocycles. The topological polar surface area (TPSA) is 33.7 Å². The summed E-state index contributed by atoms with van der Waals surface area (Å²) in [6.45, 7) is 5.40. The van der Waals surface area contributed by atoms with Gasteiger partial charge in [-0.1, -0.05) is 18.2 Å². The fourth-order valence-electron chi connectivity index (χ4n) is 2.71. The molecule has 112 valence electrons. The van der Waals surface area contributed by atoms with Crippen molar-refractivity contribution in [3.8, 4) is 5.75 Å². The molecule has 0 radical (unpaired) electrons. The van der Waals surface area contributed by atoms with Crippen LogP contribution in [0.2, 0.25) is 0 Å². The first-order chi connectivity index (χ1) is 9.76. The molecule has 0 saturated carbocycles. The Balaban J connectivity index is 2.07. The quantitative estimate of drug-likeness (QED) is 0.828. The third kappa shape index (κ3) is 3.72. The minimum atomic E-state index is 0.267. The summed E-state index contributed by atoms with van der Waals surface area (Å²) in [6.07, 6.45) is 1.13. The van der Waals surface area contributed by atoms with Gasteiger partial charge < -0.3 is 14.8 Å². The zero-order valence-corrected chi connectivity index (χ0v) is 12.8. The average Bonchev–Trinajstić information content (AvgIpc) is 3.00. The highest BCUT2D eigenvalue weighted by molar-refractivity contribution is 5.36. The van der Waals surface area contributed by atoms with Gasteiger partial charge in [0.05, 0.1) is 13.2 Å². The normalized spacial score (nSPS) is 20.3. The van der Waals surface area contributed by atoms with Gasteiger partial charge in [0.2, 0.25) is 0 Å². The molecule has 2 atom stereocenters. The van der Waals surface area contributed by atoms with E-state index in [0.717, 1.165) is 31.9 Å². The highest BCUT2D eigenvalue weighted by atomic mass is 16.5. The summed E-state index contributed by atoms with van der Waals surface area (Å²) < 4.78 is 11.2. The van der Waals surface area contributed by atoms with E-state index in [1.54, 1.807) is 0 Å². The number of nitrogens with one attached hydrogen (secondary N) is 1. The third-order valence-electron chi connectivity index (χ3n) is 3.94. The predicted octanol–water partition coefficient (Wildman–Crippen LogP) is 2.07. The average molecular weight is 278 g/mol. The smallest absolute Gasteiger partial charge is 0.124 e. The van der Waals surface area contributed by atoms with Crippen LogP contribution in [0.5, 0.6) is 5.75 Å². The number of hydrogen-bond acceptors (Lipinski definition) is 4. The molecule has 0 aromatic heterocycles. The van der Waals surface area contributed by atoms with E-state index in [9.17, 15) is 0 Å². The van der Waals surface area contributed by atoms with Gasteiger partial charge in [0.25, 0.3) is 0 Å². The van der Waals surface area contributed by atoms with Crippen LogP contribution in [0.4, 0.5) is 0 Å². The molecule has 4 nitrogen and oxygen atoms in total. The van der Waals surface area contributed by atoms with Gasteiger partial charge in [-0.05, 0) is 33.5 Å². The molecule has 1 aromatic carbocycles. The first-order valence-electron chi connectivity index (χ1n) is 7.43. The zero-order chi connectivity index (χ0) is 14.4. The molecule has 1 N–H and O–H groups in total. The SMILES string of the molecule is CCOc1ccccc1C(CN(C)C1CCOC1)NC. The molecule has 1 heterocycles. The van der Waals surface area contributed by atoms with E-state index in [0.29, 0.717) is 12.6 Å². The molecule has 1 aliphatic rings. The first kappa shape index (κ1) is 15.3. The van der Waals surface area contributed by atoms with Gasteiger partial charge in [-0.25, -0.2) is 0 Å². The number of likely N-dealkylation sites (N-methyl/N-ethyl adjacent to an activating group) is 2. The first-order valence-corrected chi connectivity index (χ1v) is 7.43. The van der Waals surface area contributed by atoms with Gasteiger partial charge in [-0.2, -0.15) is 0 Å². The van der Waals surface area contributed by atoms with E-state index in [1.807, 2.05) is 26.1 Å². The maximum absolute atomic E-state index is 5.74. The van der Waals surface area contributed by atoms with E-state index in [2.05, 4.69) is 29.4 Å². The Morgan fingerprint density at radius 2 is 2.25 bits per heavy atom. The molecular formula is C16H26N2O2. The molecule has 4 heteroatoms. The van der Waals surface area contributed by atoms with Crippen molar-refractivity contribution in [1.29, 1.82) is 0 Å². The molecule has 1 aromatic rings. The number of hydrogen-bond donors (Lipinski definition) is 1. The molecule has 2 unspecified atom stereocenters. The van der Waals surface area contributed by atoms with Crippen LogP contribution >= 0.6 is 0 Å². The van der Waals surface area contributed by atoms with Crippen molar-refractivity contribution >= 4 is 0 Å². The lowest BCUT2D eigenvalue weighted by atomic mass is 10.0. The van der Waals surface area contributed by atoms with Crippen LogP contribution in [0, 0.1) is 0 Å². The fourth-order valence-corrected chi connectivity index (χ4v) is 2.71. The zero-order valence-electron chi connectivity index (χ0n) is 12.8. The summed E-state index contributed by atoms with van der Waals surface area (Å²) in [5, 5.41) is 3.41. The minimum absolute atomic E-state index is 0.267. The van der Waals surface area contributed by atoms with Gasteiger partial charge in [0.15, 0.2) is 0 Å². The summed E-state index contributed by atoms with van der Waals surface area (Å²) in [5.41, 5.74) is 1.22. The lowest BCUT2D eigenvalue weighted by Gasteiger charge is -2.29. The number of ether oxygens (including phenoxy) is 2. The summed E-state index contributed by atoms with van der Waals surface area (Å²) >= 11 is 0. The fraction of sp³-hybridized carbons (Fsp3) is 0.625. The van der Waals surface area contributed by atoms with Crippen LogP contribution in [-0.2, 0) is 4.74 Å². The van der Waals surface area contributed by atoms with E-state index in [4.69, 9.17) is 9.47 Å². The molecule has 0 bridgehead atoms. The number of nitrogens with zero attached hydrogens (tertiary/aromatic N) is 1. The second-order valence-electron chi connectivity index (χ2n) is 5.27. The Kier molecular flexibility index (Phi) is 5.83. The summed E-state index contributed by atoms with van der Waals surface area (Å²) in [4.78, 5) is 2.39. The Morgan fingerprint density at radius 1 is 1.45 bits per heavy atom. The number of benzene rings is 1. The number of para-hydroxylation sites is 1. The third-order valence-corrected chi connectivity index (χ3v) is 3.94. The van der Waals surface area contributed by atoms with Crippen molar-refractivity contribution in [3.63, 3.8) is 0 Å².